The van der Waals surface area contributed by atoms with Crippen LogP contribution in [0.15, 0.2) is 0 Å². The first-order chi connectivity index (χ1) is 5.23. The Bertz CT molecular complexity index is 183. The summed E-state index contributed by atoms with van der Waals surface area (Å²) in [6.07, 6.45) is -7.14. The van der Waals surface area contributed by atoms with E-state index in [4.69, 9.17) is 34.8 Å². The van der Waals surface area contributed by atoms with Gasteiger partial charge in [-0.05, 0) is 0 Å². The van der Waals surface area contributed by atoms with Crippen LogP contribution in [0.25, 0.3) is 0 Å². The number of hydrogen-bond acceptors (Lipinski definition) is 2. The molecule has 0 N–H and O–H groups in total. The Morgan fingerprint density at radius 2 is 1.75 bits per heavy atom. The number of halogens is 6. The Morgan fingerprint density at radius 3 is 1.92 bits per heavy atom. The molecule has 0 saturated carbocycles. The van der Waals surface area contributed by atoms with Crippen molar-refractivity contribution in [3.05, 3.63) is 0 Å². The van der Waals surface area contributed by atoms with Gasteiger partial charge >= 0.3 is 6.18 Å². The number of ether oxygens (including phenoxy) is 2. The number of rotatable bonds is 0. The lowest BCUT2D eigenvalue weighted by atomic mass is 10.6. The van der Waals surface area contributed by atoms with E-state index in [0.29, 0.717) is 0 Å². The molecule has 2 atom stereocenters. The van der Waals surface area contributed by atoms with E-state index in [2.05, 4.69) is 9.47 Å². The molecule has 72 valence electrons. The van der Waals surface area contributed by atoms with Crippen LogP contribution < -0.4 is 0 Å². The van der Waals surface area contributed by atoms with Gasteiger partial charge < -0.3 is 9.47 Å². The first-order valence-corrected chi connectivity index (χ1v) is 3.84. The Balaban J connectivity index is 2.67. The molecule has 1 rings (SSSR count). The molecule has 1 aliphatic rings. The van der Waals surface area contributed by atoms with Crippen molar-refractivity contribution in [1.29, 1.82) is 0 Å². The van der Waals surface area contributed by atoms with Gasteiger partial charge in [0.25, 0.3) is 10.8 Å². The second kappa shape index (κ2) is 3.06. The van der Waals surface area contributed by atoms with E-state index in [1.54, 1.807) is 0 Å². The van der Waals surface area contributed by atoms with Crippen molar-refractivity contribution in [2.75, 3.05) is 0 Å². The maximum atomic E-state index is 11.9. The molecule has 2 nitrogen and oxygen atoms in total. The third-order valence-corrected chi connectivity index (χ3v) is 2.25. The Morgan fingerprint density at radius 1 is 1.25 bits per heavy atom. The second-order valence-corrected chi connectivity index (χ2v) is 3.72. The number of alkyl halides is 6. The lowest BCUT2D eigenvalue weighted by Crippen LogP contribution is -2.30. The highest BCUT2D eigenvalue weighted by Gasteiger charge is 2.57. The van der Waals surface area contributed by atoms with Crippen molar-refractivity contribution in [3.63, 3.8) is 0 Å². The van der Waals surface area contributed by atoms with Gasteiger partial charge in [-0.25, -0.2) is 0 Å². The monoisotopic (exact) mass is 244 g/mol. The van der Waals surface area contributed by atoms with E-state index >= 15 is 0 Å². The lowest BCUT2D eigenvalue weighted by molar-refractivity contribution is -0.277. The summed E-state index contributed by atoms with van der Waals surface area (Å²) in [5.74, 6) is 0. The Labute approximate surface area is 80.5 Å². The fourth-order valence-corrected chi connectivity index (χ4v) is 0.965. The molecule has 0 spiro atoms. The molecule has 0 radical (unpaired) electrons. The van der Waals surface area contributed by atoms with Crippen molar-refractivity contribution < 1.29 is 22.6 Å². The van der Waals surface area contributed by atoms with Gasteiger partial charge in [-0.2, -0.15) is 13.2 Å². The molecular formula is C4H2Cl3F3O2. The molecule has 12 heavy (non-hydrogen) atoms. The summed E-state index contributed by atoms with van der Waals surface area (Å²) in [6.45, 7) is 0. The van der Waals surface area contributed by atoms with Crippen LogP contribution in [0.3, 0.4) is 0 Å². The quantitative estimate of drug-likeness (QED) is 0.611. The van der Waals surface area contributed by atoms with E-state index in [-0.39, 0.29) is 0 Å². The highest BCUT2D eigenvalue weighted by molar-refractivity contribution is 6.51. The zero-order valence-electron chi connectivity index (χ0n) is 5.24. The topological polar surface area (TPSA) is 18.5 Å². The molecule has 0 aliphatic carbocycles. The van der Waals surface area contributed by atoms with Gasteiger partial charge in [0, 0.05) is 0 Å². The normalized spacial score (nSPS) is 35.5. The van der Waals surface area contributed by atoms with Gasteiger partial charge in [-0.15, -0.1) is 0 Å². The summed E-state index contributed by atoms with van der Waals surface area (Å²) in [5, 5.41) is 0. The maximum Gasteiger partial charge on any atom is 0.440 e. The minimum Gasteiger partial charge on any atom is -0.319 e. The first kappa shape index (κ1) is 10.7. The Kier molecular flexibility index (Phi) is 2.72. The fourth-order valence-electron chi connectivity index (χ4n) is 0.556. The fraction of sp³-hybridized carbons (Fsp3) is 1.00. The third-order valence-electron chi connectivity index (χ3n) is 1.04. The predicted octanol–water partition coefficient (Wildman–Crippen LogP) is 2.62. The maximum absolute atomic E-state index is 11.9. The molecule has 0 amide bonds. The summed E-state index contributed by atoms with van der Waals surface area (Å²) in [7, 11) is 0. The van der Waals surface area contributed by atoms with Gasteiger partial charge in [-0.3, -0.25) is 0 Å². The van der Waals surface area contributed by atoms with Crippen LogP contribution in [-0.2, 0) is 9.47 Å². The molecule has 2 unspecified atom stereocenters. The van der Waals surface area contributed by atoms with Gasteiger partial charge in [-0.1, -0.05) is 34.8 Å². The van der Waals surface area contributed by atoms with Gasteiger partial charge in [0.2, 0.25) is 0 Å². The Hall–Kier alpha value is 0.580. The van der Waals surface area contributed by atoms with Crippen LogP contribution in [0.5, 0.6) is 0 Å². The third kappa shape index (κ3) is 2.09. The number of hydrogen-bond donors (Lipinski definition) is 0. The van der Waals surface area contributed by atoms with E-state index < -0.39 is 22.5 Å². The average molecular weight is 245 g/mol. The molecule has 1 aliphatic heterocycles. The molecule has 1 heterocycles. The van der Waals surface area contributed by atoms with Crippen LogP contribution in [0, 0.1) is 0 Å². The van der Waals surface area contributed by atoms with E-state index in [1.165, 1.54) is 0 Å². The SMILES string of the molecule is FC(F)(F)C1OC(Cl)C(Cl)(Cl)O1. The zero-order chi connectivity index (χ0) is 9.57. The average Bonchev–Trinajstić information content (AvgIpc) is 2.06. The van der Waals surface area contributed by atoms with Gasteiger partial charge in [0.15, 0.2) is 5.56 Å². The van der Waals surface area contributed by atoms with Gasteiger partial charge in [0.05, 0.1) is 0 Å². The van der Waals surface area contributed by atoms with Crippen molar-refractivity contribution >= 4 is 34.8 Å². The molecule has 0 aromatic heterocycles. The standard InChI is InChI=1S/C4H2Cl3F3O2/c5-1-3(6,7)12-2(11-1)4(8,9)10/h1-2H. The highest BCUT2D eigenvalue weighted by atomic mass is 35.5. The molecule has 1 saturated heterocycles. The smallest absolute Gasteiger partial charge is 0.319 e. The van der Waals surface area contributed by atoms with Crippen molar-refractivity contribution in [1.82, 2.24) is 0 Å². The summed E-state index contributed by atoms with van der Waals surface area (Å²) in [6, 6.07) is 0. The second-order valence-electron chi connectivity index (χ2n) is 2.01. The largest absolute Gasteiger partial charge is 0.440 e. The van der Waals surface area contributed by atoms with E-state index in [9.17, 15) is 13.2 Å². The minimum atomic E-state index is -4.68. The highest BCUT2D eigenvalue weighted by Crippen LogP contribution is 2.44. The lowest BCUT2D eigenvalue weighted by Gasteiger charge is -2.14. The van der Waals surface area contributed by atoms with E-state index in [0.717, 1.165) is 0 Å². The van der Waals surface area contributed by atoms with Crippen molar-refractivity contribution in [3.8, 4) is 0 Å². The molecular weight excluding hydrogens is 243 g/mol. The summed E-state index contributed by atoms with van der Waals surface area (Å²) >= 11 is 15.6. The van der Waals surface area contributed by atoms with Crippen LogP contribution in [0.4, 0.5) is 13.2 Å². The van der Waals surface area contributed by atoms with Gasteiger partial charge in [0.1, 0.15) is 0 Å². The molecule has 1 fully saturated rings. The van der Waals surface area contributed by atoms with Crippen LogP contribution >= 0.6 is 34.8 Å². The summed E-state index contributed by atoms with van der Waals surface area (Å²) in [4.78, 5) is 0. The van der Waals surface area contributed by atoms with Crippen LogP contribution in [0.1, 0.15) is 0 Å². The zero-order valence-corrected chi connectivity index (χ0v) is 7.51. The predicted molar refractivity (Wildman–Crippen MR) is 36.1 cm³/mol. The van der Waals surface area contributed by atoms with Crippen molar-refractivity contribution in [2.24, 2.45) is 0 Å². The van der Waals surface area contributed by atoms with Crippen LogP contribution in [-0.4, -0.2) is 22.5 Å². The summed E-state index contributed by atoms with van der Waals surface area (Å²) < 4.78 is 41.6. The first-order valence-electron chi connectivity index (χ1n) is 2.65. The summed E-state index contributed by atoms with van der Waals surface area (Å²) in [5.41, 5.74) is -1.53. The molecule has 0 bridgehead atoms. The minimum absolute atomic E-state index is 1.53. The molecule has 0 aromatic carbocycles. The van der Waals surface area contributed by atoms with E-state index in [1.807, 2.05) is 0 Å². The molecule has 8 heteroatoms. The molecule has 0 aromatic rings. The van der Waals surface area contributed by atoms with Crippen molar-refractivity contribution in [2.45, 2.75) is 22.5 Å². The van der Waals surface area contributed by atoms with Crippen LogP contribution in [0.2, 0.25) is 0 Å².